The minimum atomic E-state index is -0.243. The zero-order chi connectivity index (χ0) is 21.9. The highest BCUT2D eigenvalue weighted by Crippen LogP contribution is 2.29. The predicted octanol–water partition coefficient (Wildman–Crippen LogP) is 3.57. The Labute approximate surface area is 184 Å². The first-order valence-electron chi connectivity index (χ1n) is 10.4. The Kier molecular flexibility index (Phi) is 5.43. The van der Waals surface area contributed by atoms with Crippen LogP contribution >= 0.6 is 0 Å². The van der Waals surface area contributed by atoms with Crippen LogP contribution in [-0.2, 0) is 4.74 Å². The molecule has 32 heavy (non-hydrogen) atoms. The van der Waals surface area contributed by atoms with Crippen molar-refractivity contribution in [3.05, 3.63) is 71.3 Å². The summed E-state index contributed by atoms with van der Waals surface area (Å²) in [5, 5.41) is 3.72. The number of aromatic amines is 1. The van der Waals surface area contributed by atoms with E-state index in [1.807, 2.05) is 42.5 Å². The molecule has 1 aliphatic heterocycles. The number of hydrogen-bond acceptors (Lipinski definition) is 7. The molecule has 2 aromatic heterocycles. The van der Waals surface area contributed by atoms with E-state index < -0.39 is 0 Å². The number of anilines is 3. The topological polar surface area (TPSA) is 92.4 Å². The van der Waals surface area contributed by atoms with E-state index >= 15 is 0 Å². The Balaban J connectivity index is 1.53. The molecule has 2 aromatic carbocycles. The maximum atomic E-state index is 12.6. The molecule has 0 saturated carbocycles. The molecule has 1 aliphatic rings. The first kappa shape index (κ1) is 20.0. The maximum Gasteiger partial charge on any atom is 0.262 e. The van der Waals surface area contributed by atoms with E-state index in [2.05, 4.69) is 32.3 Å². The summed E-state index contributed by atoms with van der Waals surface area (Å²) < 4.78 is 10.8. The summed E-state index contributed by atoms with van der Waals surface area (Å²) in [5.74, 6) is 1.19. The number of morpholine rings is 1. The fraction of sp³-hybridized carbons (Fsp3) is 0.208. The molecular weight excluding hydrogens is 406 g/mol. The lowest BCUT2D eigenvalue weighted by Crippen LogP contribution is -2.36. The fourth-order valence-electron chi connectivity index (χ4n) is 3.82. The largest absolute Gasteiger partial charge is 0.497 e. The molecule has 0 bridgehead atoms. The van der Waals surface area contributed by atoms with Gasteiger partial charge in [-0.15, -0.1) is 0 Å². The molecule has 0 spiro atoms. The van der Waals surface area contributed by atoms with Crippen LogP contribution < -0.4 is 20.5 Å². The van der Waals surface area contributed by atoms with E-state index in [4.69, 9.17) is 14.5 Å². The molecular formula is C24H23N5O3. The van der Waals surface area contributed by atoms with Crippen LogP contribution in [0.4, 0.5) is 17.2 Å². The van der Waals surface area contributed by atoms with Gasteiger partial charge in [0.2, 0.25) is 0 Å². The number of aromatic nitrogens is 3. The number of nitrogens with one attached hydrogen (secondary N) is 2. The number of pyridine rings is 1. The number of ether oxygens (including phenoxy) is 2. The number of fused-ring (bicyclic) bond motifs is 1. The molecule has 1 saturated heterocycles. The van der Waals surface area contributed by atoms with Crippen LogP contribution in [0.2, 0.25) is 0 Å². The van der Waals surface area contributed by atoms with E-state index in [9.17, 15) is 4.79 Å². The van der Waals surface area contributed by atoms with Crippen LogP contribution in [0.3, 0.4) is 0 Å². The van der Waals surface area contributed by atoms with Crippen molar-refractivity contribution in [1.82, 2.24) is 15.0 Å². The highest BCUT2D eigenvalue weighted by molar-refractivity contribution is 5.92. The molecule has 2 N–H and O–H groups in total. The molecule has 4 aromatic rings. The number of benzene rings is 2. The van der Waals surface area contributed by atoms with E-state index in [1.165, 1.54) is 6.33 Å². The van der Waals surface area contributed by atoms with Crippen LogP contribution in [0.15, 0.2) is 65.7 Å². The first-order valence-corrected chi connectivity index (χ1v) is 10.4. The minimum absolute atomic E-state index is 0.243. The van der Waals surface area contributed by atoms with Gasteiger partial charge in [-0.1, -0.05) is 12.1 Å². The highest BCUT2D eigenvalue weighted by atomic mass is 16.5. The third-order valence-electron chi connectivity index (χ3n) is 5.50. The third kappa shape index (κ3) is 4.00. The number of nitrogens with zero attached hydrogens (tertiary/aromatic N) is 3. The molecule has 0 atom stereocenters. The summed E-state index contributed by atoms with van der Waals surface area (Å²) in [5.41, 5.74) is 3.87. The van der Waals surface area contributed by atoms with Gasteiger partial charge in [-0.05, 0) is 42.5 Å². The summed E-state index contributed by atoms with van der Waals surface area (Å²) in [6.45, 7) is 3.23. The van der Waals surface area contributed by atoms with Crippen molar-refractivity contribution in [3.63, 3.8) is 0 Å². The summed E-state index contributed by atoms with van der Waals surface area (Å²) >= 11 is 0. The normalized spacial score (nSPS) is 13.8. The van der Waals surface area contributed by atoms with Gasteiger partial charge in [-0.3, -0.25) is 4.79 Å². The molecule has 0 amide bonds. The van der Waals surface area contributed by atoms with E-state index in [1.54, 1.807) is 7.11 Å². The van der Waals surface area contributed by atoms with Gasteiger partial charge in [-0.2, -0.15) is 0 Å². The monoisotopic (exact) mass is 429 g/mol. The standard InChI is InChI=1S/C24H23N5O3/c1-31-19-4-2-3-16(13-19)20-14-21-22(24(30)26-15-25-21)23(28-20)27-17-5-7-18(8-6-17)29-9-11-32-12-10-29/h2-8,13-15H,9-12H2,1H3,(H,27,28)(H,25,26,30). The van der Waals surface area contributed by atoms with Crippen molar-refractivity contribution in [3.8, 4) is 17.0 Å². The molecule has 8 heteroatoms. The van der Waals surface area contributed by atoms with Gasteiger partial charge in [-0.25, -0.2) is 9.97 Å². The van der Waals surface area contributed by atoms with Crippen LogP contribution in [0.5, 0.6) is 5.75 Å². The summed E-state index contributed by atoms with van der Waals surface area (Å²) in [4.78, 5) is 26.6. The van der Waals surface area contributed by atoms with Gasteiger partial charge in [0.25, 0.3) is 5.56 Å². The molecule has 0 unspecified atom stereocenters. The Bertz CT molecular complexity index is 1300. The second-order valence-corrected chi connectivity index (χ2v) is 7.49. The lowest BCUT2D eigenvalue weighted by Gasteiger charge is -2.28. The Morgan fingerprint density at radius 1 is 1.09 bits per heavy atom. The maximum absolute atomic E-state index is 12.6. The van der Waals surface area contributed by atoms with E-state index in [0.717, 1.165) is 49.0 Å². The quantitative estimate of drug-likeness (QED) is 0.501. The van der Waals surface area contributed by atoms with Crippen LogP contribution in [0, 0.1) is 0 Å². The summed E-state index contributed by atoms with van der Waals surface area (Å²) in [7, 11) is 1.63. The molecule has 8 nitrogen and oxygen atoms in total. The zero-order valence-electron chi connectivity index (χ0n) is 17.7. The van der Waals surface area contributed by atoms with E-state index in [0.29, 0.717) is 22.4 Å². The average Bonchev–Trinajstić information content (AvgIpc) is 2.85. The molecule has 162 valence electrons. The zero-order valence-corrected chi connectivity index (χ0v) is 17.7. The number of hydrogen-bond donors (Lipinski definition) is 2. The van der Waals surface area contributed by atoms with Crippen LogP contribution in [-0.4, -0.2) is 48.4 Å². The van der Waals surface area contributed by atoms with Gasteiger partial charge in [0.15, 0.2) is 0 Å². The first-order chi connectivity index (χ1) is 15.7. The van der Waals surface area contributed by atoms with Crippen molar-refractivity contribution in [2.24, 2.45) is 0 Å². The molecule has 0 aliphatic carbocycles. The predicted molar refractivity (Wildman–Crippen MR) is 125 cm³/mol. The van der Waals surface area contributed by atoms with Crippen molar-refractivity contribution in [2.45, 2.75) is 0 Å². The summed E-state index contributed by atoms with van der Waals surface area (Å²) in [6, 6.07) is 17.5. The molecule has 5 rings (SSSR count). The van der Waals surface area contributed by atoms with Crippen LogP contribution in [0.1, 0.15) is 0 Å². The Hall–Kier alpha value is -3.91. The second kappa shape index (κ2) is 8.68. The third-order valence-corrected chi connectivity index (χ3v) is 5.50. The van der Waals surface area contributed by atoms with Gasteiger partial charge >= 0.3 is 0 Å². The second-order valence-electron chi connectivity index (χ2n) is 7.49. The van der Waals surface area contributed by atoms with Crippen LogP contribution in [0.25, 0.3) is 22.2 Å². The molecule has 1 fully saturated rings. The van der Waals surface area contributed by atoms with Gasteiger partial charge in [0.05, 0.1) is 37.9 Å². The smallest absolute Gasteiger partial charge is 0.262 e. The Morgan fingerprint density at radius 3 is 2.69 bits per heavy atom. The van der Waals surface area contributed by atoms with Crippen molar-refractivity contribution < 1.29 is 9.47 Å². The fourth-order valence-corrected chi connectivity index (χ4v) is 3.82. The minimum Gasteiger partial charge on any atom is -0.497 e. The van der Waals surface area contributed by atoms with E-state index in [-0.39, 0.29) is 5.56 Å². The molecule has 3 heterocycles. The lowest BCUT2D eigenvalue weighted by molar-refractivity contribution is 0.122. The van der Waals surface area contributed by atoms with Crippen molar-refractivity contribution >= 4 is 28.1 Å². The number of methoxy groups -OCH3 is 1. The van der Waals surface area contributed by atoms with Gasteiger partial charge in [0, 0.05) is 30.0 Å². The summed E-state index contributed by atoms with van der Waals surface area (Å²) in [6.07, 6.45) is 1.40. The lowest BCUT2D eigenvalue weighted by atomic mass is 10.1. The number of H-pyrrole nitrogens is 1. The van der Waals surface area contributed by atoms with Crippen molar-refractivity contribution in [1.29, 1.82) is 0 Å². The SMILES string of the molecule is COc1cccc(-c2cc3nc[nH]c(=O)c3c(Nc3ccc(N4CCOCC4)cc3)n2)c1. The number of rotatable bonds is 5. The highest BCUT2D eigenvalue weighted by Gasteiger charge is 2.14. The average molecular weight is 429 g/mol. The van der Waals surface area contributed by atoms with Gasteiger partial charge < -0.3 is 24.7 Å². The molecule has 0 radical (unpaired) electrons. The van der Waals surface area contributed by atoms with Crippen molar-refractivity contribution in [2.75, 3.05) is 43.6 Å². The Morgan fingerprint density at radius 2 is 1.91 bits per heavy atom. The van der Waals surface area contributed by atoms with Gasteiger partial charge in [0.1, 0.15) is 17.0 Å².